The first-order chi connectivity index (χ1) is 13.3. The van der Waals surface area contributed by atoms with Crippen LogP contribution in [0.2, 0.25) is 0 Å². The zero-order valence-electron chi connectivity index (χ0n) is 15.1. The number of benzene rings is 1. The molecular weight excluding hydrogens is 342 g/mol. The SMILES string of the molecule is O=C(/C=C/c1ccccn1)N1CCC[C@@H](Nc2ccc3c(c2)OCCO3)C1. The number of pyridine rings is 1. The second kappa shape index (κ2) is 8.12. The number of hydrogen-bond donors (Lipinski definition) is 1. The number of rotatable bonds is 4. The molecule has 0 radical (unpaired) electrons. The van der Waals surface area contributed by atoms with Crippen LogP contribution in [0.1, 0.15) is 18.5 Å². The topological polar surface area (TPSA) is 63.7 Å². The maximum atomic E-state index is 12.5. The molecule has 4 rings (SSSR count). The van der Waals surface area contributed by atoms with E-state index < -0.39 is 0 Å². The van der Waals surface area contributed by atoms with E-state index in [4.69, 9.17) is 9.47 Å². The molecule has 0 spiro atoms. The Labute approximate surface area is 158 Å². The van der Waals surface area contributed by atoms with Crippen LogP contribution in [-0.2, 0) is 4.79 Å². The van der Waals surface area contributed by atoms with E-state index in [-0.39, 0.29) is 11.9 Å². The third kappa shape index (κ3) is 4.39. The van der Waals surface area contributed by atoms with Crippen LogP contribution < -0.4 is 14.8 Å². The number of piperidine rings is 1. The molecule has 2 aliphatic heterocycles. The zero-order valence-corrected chi connectivity index (χ0v) is 15.1. The van der Waals surface area contributed by atoms with E-state index in [2.05, 4.69) is 10.3 Å². The number of nitrogens with zero attached hydrogens (tertiary/aromatic N) is 2. The Hall–Kier alpha value is -3.02. The molecule has 140 valence electrons. The minimum absolute atomic E-state index is 0.0225. The number of fused-ring (bicyclic) bond motifs is 1. The summed E-state index contributed by atoms with van der Waals surface area (Å²) in [7, 11) is 0. The van der Waals surface area contributed by atoms with Gasteiger partial charge in [-0.1, -0.05) is 6.07 Å². The molecule has 1 N–H and O–H groups in total. The number of carbonyl (C=O) groups excluding carboxylic acids is 1. The van der Waals surface area contributed by atoms with Crippen LogP contribution >= 0.6 is 0 Å². The highest BCUT2D eigenvalue weighted by Crippen LogP contribution is 2.33. The first kappa shape index (κ1) is 17.4. The molecule has 6 heteroatoms. The van der Waals surface area contributed by atoms with Gasteiger partial charge in [-0.15, -0.1) is 0 Å². The summed E-state index contributed by atoms with van der Waals surface area (Å²) in [6, 6.07) is 11.8. The number of anilines is 1. The molecule has 1 fully saturated rings. The zero-order chi connectivity index (χ0) is 18.5. The molecule has 6 nitrogen and oxygen atoms in total. The number of likely N-dealkylation sites (tertiary alicyclic amines) is 1. The number of aromatic nitrogens is 1. The Morgan fingerprint density at radius 3 is 2.93 bits per heavy atom. The Balaban J connectivity index is 1.36. The number of carbonyl (C=O) groups is 1. The Morgan fingerprint density at radius 2 is 2.07 bits per heavy atom. The lowest BCUT2D eigenvalue weighted by molar-refractivity contribution is -0.126. The molecule has 1 atom stereocenters. The van der Waals surface area contributed by atoms with Gasteiger partial charge in [0.25, 0.3) is 0 Å². The normalized spacial score (nSPS) is 19.1. The molecule has 1 aromatic carbocycles. The Kier molecular flexibility index (Phi) is 5.23. The molecule has 2 aliphatic rings. The third-order valence-corrected chi connectivity index (χ3v) is 4.73. The number of amides is 1. The highest BCUT2D eigenvalue weighted by Gasteiger charge is 2.23. The van der Waals surface area contributed by atoms with E-state index in [0.29, 0.717) is 19.8 Å². The van der Waals surface area contributed by atoms with E-state index in [1.165, 1.54) is 0 Å². The van der Waals surface area contributed by atoms with Crippen LogP contribution in [0.15, 0.2) is 48.7 Å². The van der Waals surface area contributed by atoms with Gasteiger partial charge in [0.05, 0.1) is 5.69 Å². The fourth-order valence-electron chi connectivity index (χ4n) is 3.40. The minimum atomic E-state index is 0.0225. The summed E-state index contributed by atoms with van der Waals surface area (Å²) in [5.74, 6) is 1.58. The Morgan fingerprint density at radius 1 is 1.19 bits per heavy atom. The van der Waals surface area contributed by atoms with Crippen molar-refractivity contribution in [3.63, 3.8) is 0 Å². The van der Waals surface area contributed by atoms with Crippen molar-refractivity contribution in [3.05, 3.63) is 54.4 Å². The van der Waals surface area contributed by atoms with Gasteiger partial charge < -0.3 is 19.7 Å². The van der Waals surface area contributed by atoms with E-state index in [9.17, 15) is 4.79 Å². The smallest absolute Gasteiger partial charge is 0.246 e. The molecule has 3 heterocycles. The second-order valence-corrected chi connectivity index (χ2v) is 6.71. The highest BCUT2D eigenvalue weighted by molar-refractivity contribution is 5.91. The molecule has 27 heavy (non-hydrogen) atoms. The van der Waals surface area contributed by atoms with Gasteiger partial charge in [-0.25, -0.2) is 0 Å². The number of nitrogens with one attached hydrogen (secondary N) is 1. The van der Waals surface area contributed by atoms with Crippen molar-refractivity contribution in [2.24, 2.45) is 0 Å². The maximum Gasteiger partial charge on any atom is 0.246 e. The first-order valence-electron chi connectivity index (χ1n) is 9.32. The fraction of sp³-hybridized carbons (Fsp3) is 0.333. The minimum Gasteiger partial charge on any atom is -0.486 e. The van der Waals surface area contributed by atoms with Gasteiger partial charge in [-0.2, -0.15) is 0 Å². The second-order valence-electron chi connectivity index (χ2n) is 6.71. The van der Waals surface area contributed by atoms with Gasteiger partial charge in [0, 0.05) is 43.2 Å². The van der Waals surface area contributed by atoms with Crippen LogP contribution in [0.4, 0.5) is 5.69 Å². The van der Waals surface area contributed by atoms with Crippen molar-refractivity contribution in [1.29, 1.82) is 0 Å². The van der Waals surface area contributed by atoms with Gasteiger partial charge in [0.15, 0.2) is 11.5 Å². The van der Waals surface area contributed by atoms with Crippen molar-refractivity contribution in [3.8, 4) is 11.5 Å². The van der Waals surface area contributed by atoms with Crippen molar-refractivity contribution in [2.75, 3.05) is 31.6 Å². The van der Waals surface area contributed by atoms with Crippen molar-refractivity contribution < 1.29 is 14.3 Å². The number of hydrogen-bond acceptors (Lipinski definition) is 5. The predicted molar refractivity (Wildman–Crippen MR) is 104 cm³/mol. The van der Waals surface area contributed by atoms with Crippen LogP contribution in [0.5, 0.6) is 11.5 Å². The lowest BCUT2D eigenvalue weighted by Crippen LogP contribution is -2.44. The fourth-order valence-corrected chi connectivity index (χ4v) is 3.40. The summed E-state index contributed by atoms with van der Waals surface area (Å²) in [6.07, 6.45) is 7.10. The van der Waals surface area contributed by atoms with Gasteiger partial charge in [-0.05, 0) is 43.2 Å². The van der Waals surface area contributed by atoms with Crippen molar-refractivity contribution in [2.45, 2.75) is 18.9 Å². The van der Waals surface area contributed by atoms with Gasteiger partial charge in [-0.3, -0.25) is 9.78 Å². The molecule has 1 aromatic heterocycles. The molecule has 0 bridgehead atoms. The lowest BCUT2D eigenvalue weighted by atomic mass is 10.0. The quantitative estimate of drug-likeness (QED) is 0.844. The third-order valence-electron chi connectivity index (χ3n) is 4.73. The summed E-state index contributed by atoms with van der Waals surface area (Å²) >= 11 is 0. The summed E-state index contributed by atoms with van der Waals surface area (Å²) in [4.78, 5) is 18.6. The van der Waals surface area contributed by atoms with Crippen LogP contribution in [0.3, 0.4) is 0 Å². The lowest BCUT2D eigenvalue weighted by Gasteiger charge is -2.33. The summed E-state index contributed by atoms with van der Waals surface area (Å²) < 4.78 is 11.2. The summed E-state index contributed by atoms with van der Waals surface area (Å²) in [6.45, 7) is 2.63. The monoisotopic (exact) mass is 365 g/mol. The van der Waals surface area contributed by atoms with Crippen molar-refractivity contribution in [1.82, 2.24) is 9.88 Å². The van der Waals surface area contributed by atoms with Gasteiger partial charge in [0.2, 0.25) is 5.91 Å². The predicted octanol–water partition coefficient (Wildman–Crippen LogP) is 2.97. The molecule has 1 amide bonds. The molecule has 2 aromatic rings. The average molecular weight is 365 g/mol. The summed E-state index contributed by atoms with van der Waals surface area (Å²) in [5, 5.41) is 3.52. The molecule has 0 aliphatic carbocycles. The standard InChI is InChI=1S/C21H23N3O3/c25-21(9-7-16-4-1-2-10-22-16)24-11-3-5-18(15-24)23-17-6-8-19-20(14-17)27-13-12-26-19/h1-2,4,6-10,14,18,23H,3,5,11-13,15H2/b9-7+/t18-/m1/s1. The molecule has 0 unspecified atom stereocenters. The molecule has 1 saturated heterocycles. The van der Waals surface area contributed by atoms with E-state index in [1.807, 2.05) is 41.3 Å². The highest BCUT2D eigenvalue weighted by atomic mass is 16.6. The van der Waals surface area contributed by atoms with Gasteiger partial charge >= 0.3 is 0 Å². The van der Waals surface area contributed by atoms with E-state index >= 15 is 0 Å². The van der Waals surface area contributed by atoms with E-state index in [1.54, 1.807) is 18.3 Å². The summed E-state index contributed by atoms with van der Waals surface area (Å²) in [5.41, 5.74) is 1.77. The van der Waals surface area contributed by atoms with Crippen molar-refractivity contribution >= 4 is 17.7 Å². The van der Waals surface area contributed by atoms with Crippen LogP contribution in [0.25, 0.3) is 6.08 Å². The Bertz CT molecular complexity index is 823. The van der Waals surface area contributed by atoms with Crippen LogP contribution in [0, 0.1) is 0 Å². The largest absolute Gasteiger partial charge is 0.486 e. The maximum absolute atomic E-state index is 12.5. The van der Waals surface area contributed by atoms with Gasteiger partial charge in [0.1, 0.15) is 13.2 Å². The van der Waals surface area contributed by atoms with Crippen LogP contribution in [-0.4, -0.2) is 48.1 Å². The van der Waals surface area contributed by atoms with E-state index in [0.717, 1.165) is 42.3 Å². The average Bonchev–Trinajstić information content (AvgIpc) is 2.73. The molecular formula is C21H23N3O3. The molecule has 0 saturated carbocycles. The first-order valence-corrected chi connectivity index (χ1v) is 9.32. The number of ether oxygens (including phenoxy) is 2.